The number of benzene rings is 1. The van der Waals surface area contributed by atoms with Crippen molar-refractivity contribution in [1.82, 2.24) is 5.32 Å². The number of primary amides is 1. The monoisotopic (exact) mass is 278 g/mol. The zero-order valence-electron chi connectivity index (χ0n) is 12.2. The molecule has 2 amide bonds. The van der Waals surface area contributed by atoms with Crippen LogP contribution in [0.3, 0.4) is 0 Å². The Hall–Kier alpha value is -2.04. The van der Waals surface area contributed by atoms with Crippen LogP contribution in [0.25, 0.3) is 0 Å². The van der Waals surface area contributed by atoms with Crippen molar-refractivity contribution in [3.05, 3.63) is 35.9 Å². The highest BCUT2D eigenvalue weighted by Gasteiger charge is 2.27. The molecule has 0 bridgehead atoms. The molecular formula is C15H22N2O3. The van der Waals surface area contributed by atoms with Crippen LogP contribution in [0.1, 0.15) is 32.8 Å². The Bertz CT molecular complexity index is 452. The molecule has 0 saturated heterocycles. The van der Waals surface area contributed by atoms with Crippen LogP contribution in [0, 0.1) is 5.41 Å². The van der Waals surface area contributed by atoms with Crippen molar-refractivity contribution in [3.8, 4) is 0 Å². The molecule has 5 nitrogen and oxygen atoms in total. The Labute approximate surface area is 119 Å². The van der Waals surface area contributed by atoms with Crippen LogP contribution in [-0.2, 0) is 16.1 Å². The molecule has 0 aliphatic carbocycles. The summed E-state index contributed by atoms with van der Waals surface area (Å²) in [5.41, 5.74) is 5.85. The SMILES string of the molecule is CC(C)(C)C[C@H](OC(N)=O)C(=O)NCc1ccccc1. The first-order chi connectivity index (χ1) is 9.28. The molecule has 0 radical (unpaired) electrons. The van der Waals surface area contributed by atoms with Gasteiger partial charge in [-0.15, -0.1) is 0 Å². The Balaban J connectivity index is 2.61. The van der Waals surface area contributed by atoms with Crippen molar-refractivity contribution in [2.24, 2.45) is 11.1 Å². The number of hydrogen-bond acceptors (Lipinski definition) is 3. The zero-order chi connectivity index (χ0) is 15.2. The van der Waals surface area contributed by atoms with E-state index in [1.807, 2.05) is 51.1 Å². The third-order valence-electron chi connectivity index (χ3n) is 2.66. The van der Waals surface area contributed by atoms with Crippen molar-refractivity contribution in [2.75, 3.05) is 0 Å². The minimum atomic E-state index is -0.936. The molecule has 0 spiro atoms. The van der Waals surface area contributed by atoms with Crippen molar-refractivity contribution >= 4 is 12.0 Å². The number of carbonyl (C=O) groups excluding carboxylic acids is 2. The number of carbonyl (C=O) groups is 2. The molecule has 0 aliphatic rings. The van der Waals surface area contributed by atoms with Crippen molar-refractivity contribution in [1.29, 1.82) is 0 Å². The molecule has 1 atom stereocenters. The van der Waals surface area contributed by atoms with Crippen molar-refractivity contribution in [3.63, 3.8) is 0 Å². The molecule has 0 aromatic heterocycles. The predicted molar refractivity (Wildman–Crippen MR) is 76.8 cm³/mol. The number of hydrogen-bond donors (Lipinski definition) is 2. The molecule has 1 aromatic rings. The normalized spacial score (nSPS) is 12.6. The van der Waals surface area contributed by atoms with E-state index in [4.69, 9.17) is 10.5 Å². The van der Waals surface area contributed by atoms with Crippen LogP contribution in [0.15, 0.2) is 30.3 Å². The fourth-order valence-electron chi connectivity index (χ4n) is 1.78. The van der Waals surface area contributed by atoms with E-state index >= 15 is 0 Å². The van der Waals surface area contributed by atoms with E-state index in [0.29, 0.717) is 13.0 Å². The summed E-state index contributed by atoms with van der Waals surface area (Å²) in [7, 11) is 0. The van der Waals surface area contributed by atoms with Crippen LogP contribution in [0.2, 0.25) is 0 Å². The van der Waals surface area contributed by atoms with Gasteiger partial charge in [0.25, 0.3) is 5.91 Å². The Morgan fingerprint density at radius 2 is 1.85 bits per heavy atom. The zero-order valence-corrected chi connectivity index (χ0v) is 12.2. The van der Waals surface area contributed by atoms with Crippen LogP contribution < -0.4 is 11.1 Å². The maximum absolute atomic E-state index is 12.1. The lowest BCUT2D eigenvalue weighted by atomic mass is 9.89. The summed E-state index contributed by atoms with van der Waals surface area (Å²) in [4.78, 5) is 23.0. The molecule has 5 heteroatoms. The van der Waals surface area contributed by atoms with Gasteiger partial charge in [0.2, 0.25) is 0 Å². The second-order valence-electron chi connectivity index (χ2n) is 5.89. The van der Waals surface area contributed by atoms with E-state index in [-0.39, 0.29) is 11.3 Å². The lowest BCUT2D eigenvalue weighted by molar-refractivity contribution is -0.131. The van der Waals surface area contributed by atoms with Gasteiger partial charge in [-0.05, 0) is 17.4 Å². The minimum Gasteiger partial charge on any atom is -0.436 e. The Morgan fingerprint density at radius 3 is 2.35 bits per heavy atom. The quantitative estimate of drug-likeness (QED) is 0.866. The first-order valence-electron chi connectivity index (χ1n) is 6.56. The molecular weight excluding hydrogens is 256 g/mol. The lowest BCUT2D eigenvalue weighted by Crippen LogP contribution is -2.40. The van der Waals surface area contributed by atoms with E-state index in [1.54, 1.807) is 0 Å². The molecule has 0 saturated carbocycles. The smallest absolute Gasteiger partial charge is 0.405 e. The van der Waals surface area contributed by atoms with Crippen molar-refractivity contribution < 1.29 is 14.3 Å². The molecule has 0 aliphatic heterocycles. The van der Waals surface area contributed by atoms with E-state index < -0.39 is 12.2 Å². The van der Waals surface area contributed by atoms with Gasteiger partial charge in [0, 0.05) is 6.54 Å². The Morgan fingerprint density at radius 1 is 1.25 bits per heavy atom. The summed E-state index contributed by atoms with van der Waals surface area (Å²) in [6.07, 6.45) is -1.39. The van der Waals surface area contributed by atoms with Gasteiger partial charge in [0.15, 0.2) is 6.10 Å². The van der Waals surface area contributed by atoms with Crippen LogP contribution in [0.4, 0.5) is 4.79 Å². The van der Waals surface area contributed by atoms with Gasteiger partial charge in [-0.2, -0.15) is 0 Å². The second-order valence-corrected chi connectivity index (χ2v) is 5.89. The van der Waals surface area contributed by atoms with Crippen LogP contribution in [-0.4, -0.2) is 18.1 Å². The van der Waals surface area contributed by atoms with E-state index in [9.17, 15) is 9.59 Å². The number of ether oxygens (including phenoxy) is 1. The molecule has 0 heterocycles. The molecule has 3 N–H and O–H groups in total. The average Bonchev–Trinajstić information content (AvgIpc) is 2.34. The summed E-state index contributed by atoms with van der Waals surface area (Å²) < 4.78 is 4.90. The summed E-state index contributed by atoms with van der Waals surface area (Å²) in [5, 5.41) is 2.76. The molecule has 1 rings (SSSR count). The second kappa shape index (κ2) is 6.93. The maximum Gasteiger partial charge on any atom is 0.405 e. The summed E-state index contributed by atoms with van der Waals surface area (Å²) in [6.45, 7) is 6.29. The standard InChI is InChI=1S/C15H22N2O3/c1-15(2,3)9-12(20-14(16)19)13(18)17-10-11-7-5-4-6-8-11/h4-8,12H,9-10H2,1-3H3,(H2,16,19)(H,17,18)/t12-/m0/s1. The third-order valence-corrected chi connectivity index (χ3v) is 2.66. The van der Waals surface area contributed by atoms with E-state index in [1.165, 1.54) is 0 Å². The first kappa shape index (κ1) is 16.0. The highest BCUT2D eigenvalue weighted by molar-refractivity contribution is 5.83. The van der Waals surface area contributed by atoms with Gasteiger partial charge in [0.05, 0.1) is 0 Å². The molecule has 0 unspecified atom stereocenters. The largest absolute Gasteiger partial charge is 0.436 e. The van der Waals surface area contributed by atoms with Crippen LogP contribution >= 0.6 is 0 Å². The highest BCUT2D eigenvalue weighted by atomic mass is 16.6. The average molecular weight is 278 g/mol. The number of amides is 2. The number of nitrogens with one attached hydrogen (secondary N) is 1. The van der Waals surface area contributed by atoms with Gasteiger partial charge >= 0.3 is 6.09 Å². The number of rotatable bonds is 5. The van der Waals surface area contributed by atoms with Crippen LogP contribution in [0.5, 0.6) is 0 Å². The summed E-state index contributed by atoms with van der Waals surface area (Å²) in [6, 6.07) is 9.52. The molecule has 110 valence electrons. The fraction of sp³-hybridized carbons (Fsp3) is 0.467. The first-order valence-corrected chi connectivity index (χ1v) is 6.56. The van der Waals surface area contributed by atoms with E-state index in [0.717, 1.165) is 5.56 Å². The topological polar surface area (TPSA) is 81.4 Å². The highest BCUT2D eigenvalue weighted by Crippen LogP contribution is 2.22. The molecule has 0 fully saturated rings. The lowest BCUT2D eigenvalue weighted by Gasteiger charge is -2.24. The van der Waals surface area contributed by atoms with E-state index in [2.05, 4.69) is 5.32 Å². The summed E-state index contributed by atoms with van der Waals surface area (Å²) in [5.74, 6) is -0.331. The van der Waals surface area contributed by atoms with Gasteiger partial charge < -0.3 is 15.8 Å². The maximum atomic E-state index is 12.1. The fourth-order valence-corrected chi connectivity index (χ4v) is 1.78. The predicted octanol–water partition coefficient (Wildman–Crippen LogP) is 2.20. The van der Waals surface area contributed by atoms with Gasteiger partial charge in [-0.25, -0.2) is 4.79 Å². The number of nitrogens with two attached hydrogens (primary N) is 1. The van der Waals surface area contributed by atoms with Crippen molar-refractivity contribution in [2.45, 2.75) is 39.8 Å². The Kier molecular flexibility index (Phi) is 5.55. The van der Waals surface area contributed by atoms with Gasteiger partial charge in [-0.3, -0.25) is 4.79 Å². The molecule has 20 heavy (non-hydrogen) atoms. The minimum absolute atomic E-state index is 0.149. The van der Waals surface area contributed by atoms with Gasteiger partial charge in [-0.1, -0.05) is 51.1 Å². The summed E-state index contributed by atoms with van der Waals surface area (Å²) >= 11 is 0. The third kappa shape index (κ3) is 6.22. The molecule has 1 aromatic carbocycles. The van der Waals surface area contributed by atoms with Gasteiger partial charge in [0.1, 0.15) is 0 Å².